The van der Waals surface area contributed by atoms with Crippen molar-refractivity contribution in [2.75, 3.05) is 6.61 Å². The first-order chi connectivity index (χ1) is 15.6. The third-order valence-electron chi connectivity index (χ3n) is 5.87. The number of hydrogen-bond donors (Lipinski definition) is 1. The maximum atomic E-state index is 13.0. The molecule has 0 amide bonds. The molecule has 4 aromatic carbocycles. The molecule has 0 saturated carbocycles. The number of hydrogen-bond acceptors (Lipinski definition) is 6. The van der Waals surface area contributed by atoms with Crippen LogP contribution in [0.25, 0.3) is 21.5 Å². The van der Waals surface area contributed by atoms with Crippen molar-refractivity contribution in [3.8, 4) is 11.5 Å². The quantitative estimate of drug-likeness (QED) is 0.320. The van der Waals surface area contributed by atoms with Crippen molar-refractivity contribution in [1.29, 1.82) is 0 Å². The van der Waals surface area contributed by atoms with Gasteiger partial charge in [0.15, 0.2) is 0 Å². The van der Waals surface area contributed by atoms with Gasteiger partial charge in [-0.2, -0.15) is 0 Å². The number of nitrogens with one attached hydrogen (secondary N) is 1. The van der Waals surface area contributed by atoms with E-state index in [1.54, 1.807) is 0 Å². The average Bonchev–Trinajstić information content (AvgIpc) is 3.29. The Morgan fingerprint density at radius 1 is 0.781 bits per heavy atom. The molecule has 32 heavy (non-hydrogen) atoms. The van der Waals surface area contributed by atoms with Crippen LogP contribution in [0, 0.1) is 0 Å². The number of carbonyl (C=O) groups excluding carboxylic acids is 1. The van der Waals surface area contributed by atoms with Gasteiger partial charge in [-0.1, -0.05) is 0 Å². The van der Waals surface area contributed by atoms with Crippen LogP contribution in [0.2, 0.25) is 0 Å². The normalized spacial score (nSPS) is 21.5. The van der Waals surface area contributed by atoms with E-state index >= 15 is 0 Å². The first-order valence-corrected chi connectivity index (χ1v) is 12.6. The van der Waals surface area contributed by atoms with E-state index in [4.69, 9.17) is 18.1 Å². The monoisotopic (exact) mass is 447 g/mol. The van der Waals surface area contributed by atoms with E-state index in [0.29, 0.717) is 17.9 Å². The summed E-state index contributed by atoms with van der Waals surface area (Å²) in [6, 6.07) is 25.1. The van der Waals surface area contributed by atoms with Crippen LogP contribution >= 0.6 is 7.66 Å². The Labute approximate surface area is 185 Å². The fourth-order valence-electron chi connectivity index (χ4n) is 4.55. The van der Waals surface area contributed by atoms with Crippen LogP contribution in [0.4, 0.5) is 0 Å². The molecule has 4 aromatic rings. The molecule has 2 aliphatic heterocycles. The van der Waals surface area contributed by atoms with E-state index in [9.17, 15) is 4.79 Å². The van der Waals surface area contributed by atoms with Gasteiger partial charge in [-0.3, -0.25) is 0 Å². The van der Waals surface area contributed by atoms with Crippen molar-refractivity contribution in [3.63, 3.8) is 0 Å². The van der Waals surface area contributed by atoms with Gasteiger partial charge < -0.3 is 0 Å². The molecule has 6 rings (SSSR count). The fourth-order valence-corrected chi connectivity index (χ4v) is 7.63. The van der Waals surface area contributed by atoms with Crippen LogP contribution in [0.3, 0.4) is 0 Å². The van der Waals surface area contributed by atoms with Crippen molar-refractivity contribution in [2.45, 2.75) is 19.4 Å². The molecule has 162 valence electrons. The molecule has 1 unspecified atom stereocenters. The van der Waals surface area contributed by atoms with Gasteiger partial charge in [0.2, 0.25) is 0 Å². The van der Waals surface area contributed by atoms with Gasteiger partial charge >= 0.3 is 185 Å². The van der Waals surface area contributed by atoms with E-state index in [-0.39, 0.29) is 6.61 Å². The van der Waals surface area contributed by atoms with E-state index in [1.807, 2.05) is 85.8 Å². The topological polar surface area (TPSA) is 66.0 Å². The summed E-state index contributed by atoms with van der Waals surface area (Å²) in [5.74, 6) is 0.624. The van der Waals surface area contributed by atoms with Crippen molar-refractivity contribution in [1.82, 2.24) is 5.09 Å². The second kappa shape index (κ2) is 6.91. The molecule has 0 bridgehead atoms. The van der Waals surface area contributed by atoms with E-state index in [0.717, 1.165) is 27.1 Å². The van der Waals surface area contributed by atoms with E-state index in [1.165, 1.54) is 0 Å². The number of benzene rings is 4. The zero-order chi connectivity index (χ0) is 21.8. The summed E-state index contributed by atoms with van der Waals surface area (Å²) >= 11 is 0. The first-order valence-electron chi connectivity index (χ1n) is 10.7. The minimum atomic E-state index is -4.44. The summed E-state index contributed by atoms with van der Waals surface area (Å²) in [6.45, 7) is 2.08. The summed E-state index contributed by atoms with van der Waals surface area (Å²) < 4.78 is 25.0. The minimum absolute atomic E-state index is 0.250. The predicted molar refractivity (Wildman–Crippen MR) is 124 cm³/mol. The van der Waals surface area contributed by atoms with Gasteiger partial charge in [-0.05, 0) is 0 Å². The molecule has 1 fully saturated rings. The summed E-state index contributed by atoms with van der Waals surface area (Å²) in [5.41, 5.74) is 1.00. The predicted octanol–water partition coefficient (Wildman–Crippen LogP) is 5.69. The Kier molecular flexibility index (Phi) is 4.21. The second-order valence-corrected chi connectivity index (χ2v) is 10.6. The van der Waals surface area contributed by atoms with E-state index < -0.39 is 19.7 Å². The van der Waals surface area contributed by atoms with Crippen LogP contribution in [0.1, 0.15) is 12.5 Å². The van der Waals surface area contributed by atoms with Crippen LogP contribution in [0.15, 0.2) is 78.9 Å². The molecular weight excluding hydrogens is 425 g/mol. The Bertz CT molecular complexity index is 1310. The van der Waals surface area contributed by atoms with Crippen LogP contribution in [0.5, 0.6) is 11.5 Å². The second-order valence-electron chi connectivity index (χ2n) is 7.94. The van der Waals surface area contributed by atoms with Crippen molar-refractivity contribution in [2.24, 2.45) is 0 Å². The number of rotatable bonds is 4. The zero-order valence-electron chi connectivity index (χ0n) is 17.5. The van der Waals surface area contributed by atoms with Gasteiger partial charge in [0.05, 0.1) is 0 Å². The molecule has 1 saturated heterocycles. The standard InChI is InChI=1S/C25H22NO5P/c1-2-28-32(26-22(25(27)31-32)16-17-10-4-3-5-11-17)29-23-20-14-8-6-12-18(20)19-13-7-9-15-21(19)24(23)30-32/h3-15,22,26H,2,16H2,1H3. The molecule has 2 heterocycles. The fraction of sp³-hybridized carbons (Fsp3) is 0.160. The average molecular weight is 447 g/mol. The van der Waals surface area contributed by atoms with Crippen LogP contribution in [-0.2, 0) is 20.3 Å². The Morgan fingerprint density at radius 3 is 1.88 bits per heavy atom. The summed E-state index contributed by atoms with van der Waals surface area (Å²) in [5, 5.41) is 7.08. The Morgan fingerprint density at radius 2 is 1.31 bits per heavy atom. The molecule has 1 spiro atoms. The first kappa shape index (κ1) is 19.5. The molecule has 1 atom stereocenters. The molecule has 2 aliphatic rings. The van der Waals surface area contributed by atoms with Crippen molar-refractivity contribution in [3.05, 3.63) is 84.4 Å². The summed E-state index contributed by atoms with van der Waals surface area (Å²) in [4.78, 5) is 13.0. The number of carbonyl (C=O) groups is 1. The molecule has 0 aliphatic carbocycles. The Balaban J connectivity index is 1.50. The molecule has 7 heteroatoms. The molecule has 0 aromatic heterocycles. The van der Waals surface area contributed by atoms with Crippen molar-refractivity contribution >= 4 is 35.2 Å². The van der Waals surface area contributed by atoms with Gasteiger partial charge in [0.25, 0.3) is 0 Å². The Hall–Kier alpha value is -3.18. The summed E-state index contributed by atoms with van der Waals surface area (Å²) in [7, 11) is -4.44. The van der Waals surface area contributed by atoms with Crippen LogP contribution in [-0.4, -0.2) is 18.6 Å². The number of fused-ring (bicyclic) bond motifs is 6. The van der Waals surface area contributed by atoms with Gasteiger partial charge in [-0.15, -0.1) is 0 Å². The van der Waals surface area contributed by atoms with Crippen LogP contribution < -0.4 is 14.1 Å². The molecular formula is C25H22NO5P. The van der Waals surface area contributed by atoms with Crippen molar-refractivity contribution < 1.29 is 22.9 Å². The molecule has 0 radical (unpaired) electrons. The zero-order valence-corrected chi connectivity index (χ0v) is 18.4. The van der Waals surface area contributed by atoms with E-state index in [2.05, 4.69) is 5.09 Å². The van der Waals surface area contributed by atoms with Gasteiger partial charge in [-0.25, -0.2) is 0 Å². The maximum absolute atomic E-state index is 13.0. The molecule has 1 N–H and O–H groups in total. The third-order valence-corrected chi connectivity index (χ3v) is 8.80. The third kappa shape index (κ3) is 2.81. The van der Waals surface area contributed by atoms with Gasteiger partial charge in [0.1, 0.15) is 0 Å². The van der Waals surface area contributed by atoms with Gasteiger partial charge in [0, 0.05) is 0 Å². The molecule has 6 nitrogen and oxygen atoms in total. The SMILES string of the molecule is CCOP12(NC(Cc3ccccc3)C(=O)O1)Oc1c(c3ccccc3c3ccccc13)O2. The summed E-state index contributed by atoms with van der Waals surface area (Å²) in [6.07, 6.45) is 0.440.